The van der Waals surface area contributed by atoms with Gasteiger partial charge in [0.2, 0.25) is 0 Å². The Balaban J connectivity index is 1.91. The minimum Gasteiger partial charge on any atom is -0.379 e. The van der Waals surface area contributed by atoms with E-state index in [0.29, 0.717) is 0 Å². The summed E-state index contributed by atoms with van der Waals surface area (Å²) in [7, 11) is 0. The maximum absolute atomic E-state index is 8.81. The summed E-state index contributed by atoms with van der Waals surface area (Å²) in [5, 5.41) is 11.8. The molecule has 2 nitrogen and oxygen atoms in total. The molecule has 54 valence electrons. The molecule has 0 amide bonds. The SMILES string of the molecule is CC(O)NCC1CCC1. The molecule has 1 rings (SSSR count). The van der Waals surface area contributed by atoms with Crippen LogP contribution in [-0.4, -0.2) is 17.9 Å². The summed E-state index contributed by atoms with van der Waals surface area (Å²) in [6, 6.07) is 0. The van der Waals surface area contributed by atoms with Crippen LogP contribution in [0.3, 0.4) is 0 Å². The Hall–Kier alpha value is -0.0800. The molecule has 0 aromatic heterocycles. The molecular formula is C7H15NO. The van der Waals surface area contributed by atoms with E-state index < -0.39 is 0 Å². The third-order valence-electron chi connectivity index (χ3n) is 1.93. The Morgan fingerprint density at radius 1 is 1.67 bits per heavy atom. The summed E-state index contributed by atoms with van der Waals surface area (Å²) in [6.07, 6.45) is 3.75. The fourth-order valence-corrected chi connectivity index (χ4v) is 1.03. The van der Waals surface area contributed by atoms with Crippen molar-refractivity contribution in [3.05, 3.63) is 0 Å². The van der Waals surface area contributed by atoms with E-state index in [1.165, 1.54) is 19.3 Å². The van der Waals surface area contributed by atoms with Gasteiger partial charge < -0.3 is 5.11 Å². The predicted molar refractivity (Wildman–Crippen MR) is 37.0 cm³/mol. The van der Waals surface area contributed by atoms with Gasteiger partial charge in [0, 0.05) is 6.54 Å². The maximum Gasteiger partial charge on any atom is 0.102 e. The molecular weight excluding hydrogens is 114 g/mol. The summed E-state index contributed by atoms with van der Waals surface area (Å²) in [5.74, 6) is 0.847. The molecule has 1 unspecified atom stereocenters. The quantitative estimate of drug-likeness (QED) is 0.550. The molecule has 0 saturated heterocycles. The highest BCUT2D eigenvalue weighted by molar-refractivity contribution is 4.71. The zero-order chi connectivity index (χ0) is 6.69. The van der Waals surface area contributed by atoms with Gasteiger partial charge in [-0.25, -0.2) is 0 Å². The molecule has 1 fully saturated rings. The van der Waals surface area contributed by atoms with E-state index in [2.05, 4.69) is 5.32 Å². The van der Waals surface area contributed by atoms with E-state index in [-0.39, 0.29) is 6.23 Å². The topological polar surface area (TPSA) is 32.3 Å². The standard InChI is InChI=1S/C7H15NO/c1-6(9)8-5-7-3-2-4-7/h6-9H,2-5H2,1H3. The zero-order valence-corrected chi connectivity index (χ0v) is 5.93. The summed E-state index contributed by atoms with van der Waals surface area (Å²) >= 11 is 0. The third-order valence-corrected chi connectivity index (χ3v) is 1.93. The van der Waals surface area contributed by atoms with Gasteiger partial charge in [-0.2, -0.15) is 0 Å². The fraction of sp³-hybridized carbons (Fsp3) is 1.00. The van der Waals surface area contributed by atoms with E-state index in [1.807, 2.05) is 0 Å². The molecule has 0 bridgehead atoms. The molecule has 2 heteroatoms. The molecule has 1 atom stereocenters. The van der Waals surface area contributed by atoms with Crippen LogP contribution in [0, 0.1) is 5.92 Å². The van der Waals surface area contributed by atoms with Gasteiger partial charge in [-0.1, -0.05) is 6.42 Å². The maximum atomic E-state index is 8.81. The van der Waals surface area contributed by atoms with Crippen LogP contribution in [-0.2, 0) is 0 Å². The third kappa shape index (κ3) is 2.33. The van der Waals surface area contributed by atoms with E-state index >= 15 is 0 Å². The summed E-state index contributed by atoms with van der Waals surface area (Å²) in [4.78, 5) is 0. The van der Waals surface area contributed by atoms with E-state index in [1.54, 1.807) is 6.92 Å². The average molecular weight is 129 g/mol. The molecule has 0 aromatic rings. The lowest BCUT2D eigenvalue weighted by Gasteiger charge is -2.26. The first-order valence-electron chi connectivity index (χ1n) is 3.70. The lowest BCUT2D eigenvalue weighted by Crippen LogP contribution is -2.33. The van der Waals surface area contributed by atoms with Gasteiger partial charge in [-0.15, -0.1) is 0 Å². The summed E-state index contributed by atoms with van der Waals surface area (Å²) in [5.41, 5.74) is 0. The van der Waals surface area contributed by atoms with Crippen molar-refractivity contribution in [1.82, 2.24) is 5.32 Å². The smallest absolute Gasteiger partial charge is 0.102 e. The Morgan fingerprint density at radius 3 is 2.67 bits per heavy atom. The van der Waals surface area contributed by atoms with Crippen LogP contribution in [0.25, 0.3) is 0 Å². The van der Waals surface area contributed by atoms with Crippen molar-refractivity contribution in [1.29, 1.82) is 0 Å². The van der Waals surface area contributed by atoms with Crippen LogP contribution < -0.4 is 5.32 Å². The van der Waals surface area contributed by atoms with Gasteiger partial charge in [0.15, 0.2) is 0 Å². The van der Waals surface area contributed by atoms with Crippen molar-refractivity contribution < 1.29 is 5.11 Å². The second-order valence-corrected chi connectivity index (χ2v) is 2.88. The molecule has 2 N–H and O–H groups in total. The molecule has 0 aliphatic heterocycles. The lowest BCUT2D eigenvalue weighted by molar-refractivity contribution is 0.139. The molecule has 1 aliphatic rings. The largest absolute Gasteiger partial charge is 0.379 e. The number of rotatable bonds is 3. The van der Waals surface area contributed by atoms with Crippen molar-refractivity contribution >= 4 is 0 Å². The second kappa shape index (κ2) is 3.18. The average Bonchev–Trinajstić information content (AvgIpc) is 1.60. The Bertz CT molecular complexity index is 79.0. The van der Waals surface area contributed by atoms with Crippen molar-refractivity contribution in [2.75, 3.05) is 6.54 Å². The highest BCUT2D eigenvalue weighted by atomic mass is 16.3. The van der Waals surface area contributed by atoms with E-state index in [9.17, 15) is 0 Å². The molecule has 1 saturated carbocycles. The van der Waals surface area contributed by atoms with Crippen LogP contribution in [0.15, 0.2) is 0 Å². The Labute approximate surface area is 56.3 Å². The van der Waals surface area contributed by atoms with Gasteiger partial charge in [0.25, 0.3) is 0 Å². The first-order valence-corrected chi connectivity index (χ1v) is 3.70. The van der Waals surface area contributed by atoms with Crippen molar-refractivity contribution in [2.45, 2.75) is 32.4 Å². The van der Waals surface area contributed by atoms with Crippen molar-refractivity contribution in [3.63, 3.8) is 0 Å². The minimum atomic E-state index is -0.328. The minimum absolute atomic E-state index is 0.328. The number of aliphatic hydroxyl groups is 1. The summed E-state index contributed by atoms with van der Waals surface area (Å²) < 4.78 is 0. The van der Waals surface area contributed by atoms with Crippen LogP contribution in [0.4, 0.5) is 0 Å². The fourth-order valence-electron chi connectivity index (χ4n) is 1.03. The van der Waals surface area contributed by atoms with Crippen LogP contribution in [0.2, 0.25) is 0 Å². The lowest BCUT2D eigenvalue weighted by atomic mass is 9.85. The molecule has 0 heterocycles. The van der Waals surface area contributed by atoms with Gasteiger partial charge in [-0.3, -0.25) is 5.32 Å². The van der Waals surface area contributed by atoms with Gasteiger partial charge >= 0.3 is 0 Å². The zero-order valence-electron chi connectivity index (χ0n) is 5.93. The number of hydrogen-bond donors (Lipinski definition) is 2. The Morgan fingerprint density at radius 2 is 2.33 bits per heavy atom. The van der Waals surface area contributed by atoms with Crippen LogP contribution in [0.1, 0.15) is 26.2 Å². The number of hydrogen-bond acceptors (Lipinski definition) is 2. The second-order valence-electron chi connectivity index (χ2n) is 2.88. The molecule has 0 spiro atoms. The molecule has 1 aliphatic carbocycles. The highest BCUT2D eigenvalue weighted by Crippen LogP contribution is 2.25. The van der Waals surface area contributed by atoms with Crippen molar-refractivity contribution in [3.8, 4) is 0 Å². The monoisotopic (exact) mass is 129 g/mol. The highest BCUT2D eigenvalue weighted by Gasteiger charge is 2.16. The normalized spacial score (nSPS) is 23.3. The molecule has 0 aromatic carbocycles. The van der Waals surface area contributed by atoms with Gasteiger partial charge in [0.1, 0.15) is 6.23 Å². The van der Waals surface area contributed by atoms with E-state index in [0.717, 1.165) is 12.5 Å². The first-order chi connectivity index (χ1) is 4.29. The summed E-state index contributed by atoms with van der Waals surface area (Å²) in [6.45, 7) is 2.76. The van der Waals surface area contributed by atoms with Crippen molar-refractivity contribution in [2.24, 2.45) is 5.92 Å². The number of nitrogens with one attached hydrogen (secondary N) is 1. The van der Waals surface area contributed by atoms with Gasteiger partial charge in [0.05, 0.1) is 0 Å². The first kappa shape index (κ1) is 7.03. The van der Waals surface area contributed by atoms with Crippen LogP contribution >= 0.6 is 0 Å². The molecule has 9 heavy (non-hydrogen) atoms. The molecule has 0 radical (unpaired) electrons. The van der Waals surface area contributed by atoms with E-state index in [4.69, 9.17) is 5.11 Å². The van der Waals surface area contributed by atoms with Crippen LogP contribution in [0.5, 0.6) is 0 Å². The number of aliphatic hydroxyl groups excluding tert-OH is 1. The Kier molecular flexibility index (Phi) is 2.49. The predicted octanol–water partition coefficient (Wildman–Crippen LogP) is 0.714. The van der Waals surface area contributed by atoms with Gasteiger partial charge in [-0.05, 0) is 25.7 Å².